The molecule has 2 rings (SSSR count). The number of benzene rings is 1. The van der Waals surface area contributed by atoms with Crippen LogP contribution in [0.2, 0.25) is 5.02 Å². The summed E-state index contributed by atoms with van der Waals surface area (Å²) in [7, 11) is 0. The van der Waals surface area contributed by atoms with Crippen molar-refractivity contribution in [3.63, 3.8) is 0 Å². The summed E-state index contributed by atoms with van der Waals surface area (Å²) >= 11 is 5.93. The van der Waals surface area contributed by atoms with Gasteiger partial charge in [-0.3, -0.25) is 4.98 Å². The van der Waals surface area contributed by atoms with E-state index in [0.717, 1.165) is 18.5 Å². The van der Waals surface area contributed by atoms with Crippen LogP contribution in [-0.4, -0.2) is 11.5 Å². The Labute approximate surface area is 130 Å². The fourth-order valence-electron chi connectivity index (χ4n) is 2.48. The minimum absolute atomic E-state index is 0.118. The first-order chi connectivity index (χ1) is 10.1. The van der Waals surface area contributed by atoms with Crippen molar-refractivity contribution in [2.24, 2.45) is 0 Å². The van der Waals surface area contributed by atoms with E-state index in [1.807, 2.05) is 12.1 Å². The zero-order valence-corrected chi connectivity index (χ0v) is 13.1. The first-order valence-corrected chi connectivity index (χ1v) is 7.60. The van der Waals surface area contributed by atoms with E-state index in [4.69, 9.17) is 11.6 Å². The number of hydrogen-bond acceptors (Lipinski definition) is 2. The van der Waals surface area contributed by atoms with Crippen molar-refractivity contribution in [1.82, 2.24) is 10.3 Å². The molecule has 1 N–H and O–H groups in total. The van der Waals surface area contributed by atoms with Gasteiger partial charge in [-0.05, 0) is 36.7 Å². The molecule has 112 valence electrons. The Morgan fingerprint density at radius 2 is 1.95 bits per heavy atom. The van der Waals surface area contributed by atoms with Crippen molar-refractivity contribution in [3.05, 3.63) is 64.7 Å². The summed E-state index contributed by atoms with van der Waals surface area (Å²) in [5, 5.41) is 3.60. The topological polar surface area (TPSA) is 24.9 Å². The molecular weight excluding hydrogens is 287 g/mol. The number of aromatic nitrogens is 1. The molecule has 1 aromatic heterocycles. The van der Waals surface area contributed by atoms with Crippen LogP contribution in [0.15, 0.2) is 42.7 Å². The third-order valence-corrected chi connectivity index (χ3v) is 3.95. The van der Waals surface area contributed by atoms with Gasteiger partial charge in [0.05, 0.1) is 5.02 Å². The molecule has 0 saturated carbocycles. The van der Waals surface area contributed by atoms with Gasteiger partial charge in [0.25, 0.3) is 0 Å². The highest BCUT2D eigenvalue weighted by molar-refractivity contribution is 6.30. The minimum atomic E-state index is -0.339. The van der Waals surface area contributed by atoms with Gasteiger partial charge < -0.3 is 5.32 Å². The van der Waals surface area contributed by atoms with Crippen LogP contribution in [-0.2, 0) is 0 Å². The Balaban J connectivity index is 2.36. The second-order valence-corrected chi connectivity index (χ2v) is 5.55. The SMILES string of the molecule is CCCNC(c1cccc(Cl)c1F)C(C)c1ccncc1. The third-order valence-electron chi connectivity index (χ3n) is 3.66. The van der Waals surface area contributed by atoms with Crippen molar-refractivity contribution >= 4 is 11.6 Å². The molecule has 0 saturated heterocycles. The normalized spacial score (nSPS) is 13.9. The number of hydrogen-bond donors (Lipinski definition) is 1. The summed E-state index contributed by atoms with van der Waals surface area (Å²) < 4.78 is 14.4. The second kappa shape index (κ2) is 7.53. The summed E-state index contributed by atoms with van der Waals surface area (Å²) in [6, 6.07) is 8.98. The lowest BCUT2D eigenvalue weighted by Crippen LogP contribution is -2.27. The molecule has 0 radical (unpaired) electrons. The lowest BCUT2D eigenvalue weighted by molar-refractivity contribution is 0.445. The van der Waals surface area contributed by atoms with Crippen LogP contribution >= 0.6 is 11.6 Å². The van der Waals surface area contributed by atoms with Crippen LogP contribution in [0.5, 0.6) is 0 Å². The number of pyridine rings is 1. The van der Waals surface area contributed by atoms with Gasteiger partial charge in [0.15, 0.2) is 0 Å². The highest BCUT2D eigenvalue weighted by atomic mass is 35.5. The van der Waals surface area contributed by atoms with Gasteiger partial charge >= 0.3 is 0 Å². The van der Waals surface area contributed by atoms with Gasteiger partial charge in [-0.1, -0.05) is 37.6 Å². The molecule has 4 heteroatoms. The third kappa shape index (κ3) is 3.80. The molecule has 2 aromatic rings. The van der Waals surface area contributed by atoms with E-state index in [1.54, 1.807) is 30.6 Å². The molecule has 1 aromatic carbocycles. The zero-order chi connectivity index (χ0) is 15.2. The Hall–Kier alpha value is -1.45. The van der Waals surface area contributed by atoms with Crippen molar-refractivity contribution in [2.75, 3.05) is 6.54 Å². The van der Waals surface area contributed by atoms with Gasteiger partial charge in [-0.2, -0.15) is 0 Å². The van der Waals surface area contributed by atoms with Gasteiger partial charge in [0.1, 0.15) is 5.82 Å². The Bertz CT molecular complexity index is 574. The summed E-state index contributed by atoms with van der Waals surface area (Å²) in [4.78, 5) is 4.04. The Kier molecular flexibility index (Phi) is 5.71. The number of rotatable bonds is 6. The zero-order valence-electron chi connectivity index (χ0n) is 12.3. The summed E-state index contributed by atoms with van der Waals surface area (Å²) in [6.07, 6.45) is 4.51. The van der Waals surface area contributed by atoms with E-state index in [0.29, 0.717) is 5.56 Å². The molecule has 0 spiro atoms. The molecule has 0 amide bonds. The maximum Gasteiger partial charge on any atom is 0.146 e. The van der Waals surface area contributed by atoms with Crippen LogP contribution < -0.4 is 5.32 Å². The first kappa shape index (κ1) is 15.9. The predicted molar refractivity (Wildman–Crippen MR) is 85.1 cm³/mol. The van der Waals surface area contributed by atoms with Crippen LogP contribution in [0.1, 0.15) is 43.4 Å². The maximum absolute atomic E-state index is 14.4. The summed E-state index contributed by atoms with van der Waals surface area (Å²) in [6.45, 7) is 5.00. The van der Waals surface area contributed by atoms with Crippen molar-refractivity contribution in [1.29, 1.82) is 0 Å². The minimum Gasteiger partial charge on any atom is -0.309 e. The number of nitrogens with one attached hydrogen (secondary N) is 1. The van der Waals surface area contributed by atoms with Crippen LogP contribution in [0, 0.1) is 5.82 Å². The molecule has 2 unspecified atom stereocenters. The molecule has 0 aliphatic heterocycles. The molecule has 0 fully saturated rings. The molecular formula is C17H20ClFN2. The average Bonchev–Trinajstić information content (AvgIpc) is 2.52. The van der Waals surface area contributed by atoms with Crippen molar-refractivity contribution < 1.29 is 4.39 Å². The molecule has 2 atom stereocenters. The Morgan fingerprint density at radius 3 is 2.62 bits per heavy atom. The van der Waals surface area contributed by atoms with Crippen LogP contribution in [0.25, 0.3) is 0 Å². The van der Waals surface area contributed by atoms with E-state index in [2.05, 4.69) is 24.1 Å². The number of halogens is 2. The monoisotopic (exact) mass is 306 g/mol. The highest BCUT2D eigenvalue weighted by Crippen LogP contribution is 2.33. The van der Waals surface area contributed by atoms with E-state index in [-0.39, 0.29) is 22.8 Å². The van der Waals surface area contributed by atoms with Gasteiger partial charge in [-0.25, -0.2) is 4.39 Å². The first-order valence-electron chi connectivity index (χ1n) is 7.22. The van der Waals surface area contributed by atoms with Crippen molar-refractivity contribution in [3.8, 4) is 0 Å². The fraction of sp³-hybridized carbons (Fsp3) is 0.353. The summed E-state index contributed by atoms with van der Waals surface area (Å²) in [5.41, 5.74) is 1.73. The van der Waals surface area contributed by atoms with E-state index in [1.165, 1.54) is 0 Å². The molecule has 0 aliphatic carbocycles. The smallest absolute Gasteiger partial charge is 0.146 e. The lowest BCUT2D eigenvalue weighted by Gasteiger charge is -2.26. The van der Waals surface area contributed by atoms with Crippen LogP contribution in [0.3, 0.4) is 0 Å². The second-order valence-electron chi connectivity index (χ2n) is 5.14. The van der Waals surface area contributed by atoms with Crippen molar-refractivity contribution in [2.45, 2.75) is 32.2 Å². The van der Waals surface area contributed by atoms with E-state index in [9.17, 15) is 4.39 Å². The Morgan fingerprint density at radius 1 is 1.24 bits per heavy atom. The maximum atomic E-state index is 14.4. The predicted octanol–water partition coefficient (Wildman–Crippen LogP) is 4.72. The van der Waals surface area contributed by atoms with Crippen LogP contribution in [0.4, 0.5) is 4.39 Å². The molecule has 2 nitrogen and oxygen atoms in total. The molecule has 1 heterocycles. The molecule has 0 aliphatic rings. The highest BCUT2D eigenvalue weighted by Gasteiger charge is 2.24. The quantitative estimate of drug-likeness (QED) is 0.835. The summed E-state index contributed by atoms with van der Waals surface area (Å²) in [5.74, 6) is -0.221. The fourth-order valence-corrected chi connectivity index (χ4v) is 2.66. The largest absolute Gasteiger partial charge is 0.309 e. The average molecular weight is 307 g/mol. The number of nitrogens with zero attached hydrogens (tertiary/aromatic N) is 1. The van der Waals surface area contributed by atoms with Gasteiger partial charge in [0, 0.05) is 29.9 Å². The van der Waals surface area contributed by atoms with E-state index < -0.39 is 0 Å². The molecule has 0 bridgehead atoms. The molecule has 21 heavy (non-hydrogen) atoms. The van der Waals surface area contributed by atoms with E-state index >= 15 is 0 Å². The van der Waals surface area contributed by atoms with Gasteiger partial charge in [0.2, 0.25) is 0 Å². The van der Waals surface area contributed by atoms with Gasteiger partial charge in [-0.15, -0.1) is 0 Å². The lowest BCUT2D eigenvalue weighted by atomic mass is 9.88. The standard InChI is InChI=1S/C17H20ClFN2/c1-3-9-21-17(12(2)13-7-10-20-11-8-13)14-5-4-6-15(18)16(14)19/h4-8,10-12,17,21H,3,9H2,1-2H3.